The van der Waals surface area contributed by atoms with Crippen molar-refractivity contribution in [3.8, 4) is 0 Å². The summed E-state index contributed by atoms with van der Waals surface area (Å²) < 4.78 is 0. The van der Waals surface area contributed by atoms with E-state index in [0.717, 1.165) is 12.8 Å². The van der Waals surface area contributed by atoms with Crippen LogP contribution in [0.15, 0.2) is 0 Å². The number of carbonyl (C=O) groups is 2. The second kappa shape index (κ2) is 5.16. The smallest absolute Gasteiger partial charge is 0.315 e. The minimum Gasteiger partial charge on any atom is -0.368 e. The molecule has 1 heterocycles. The van der Waals surface area contributed by atoms with Gasteiger partial charge < -0.3 is 21.7 Å². The normalized spacial score (nSPS) is 25.4. The van der Waals surface area contributed by atoms with E-state index in [1.54, 1.807) is 0 Å². The van der Waals surface area contributed by atoms with Crippen LogP contribution in [0, 0.1) is 0 Å². The lowest BCUT2D eigenvalue weighted by molar-refractivity contribution is -0.130. The molecule has 92 valence electrons. The second-order valence-electron chi connectivity index (χ2n) is 4.17. The molecular formula is C10H20N4O2. The van der Waals surface area contributed by atoms with Crippen molar-refractivity contribution >= 4 is 11.9 Å². The van der Waals surface area contributed by atoms with Crippen LogP contribution in [0.3, 0.4) is 0 Å². The predicted molar refractivity (Wildman–Crippen MR) is 60.6 cm³/mol. The summed E-state index contributed by atoms with van der Waals surface area (Å²) in [6.07, 6.45) is 2.35. The second-order valence-corrected chi connectivity index (χ2v) is 4.17. The summed E-state index contributed by atoms with van der Waals surface area (Å²) in [6.45, 7) is 3.50. The van der Waals surface area contributed by atoms with Crippen LogP contribution < -0.4 is 16.8 Å². The first-order chi connectivity index (χ1) is 7.54. The maximum Gasteiger partial charge on any atom is 0.315 e. The number of hydrogen-bond acceptors (Lipinski definition) is 3. The van der Waals surface area contributed by atoms with Gasteiger partial charge in [-0.1, -0.05) is 19.8 Å². The number of hydrogen-bond donors (Lipinski definition) is 3. The number of carbonyl (C=O) groups excluding carboxylic acids is 2. The number of nitrogens with zero attached hydrogens (tertiary/aromatic N) is 1. The number of rotatable bonds is 4. The van der Waals surface area contributed by atoms with Crippen LogP contribution in [0.2, 0.25) is 0 Å². The van der Waals surface area contributed by atoms with Crippen molar-refractivity contribution in [1.29, 1.82) is 0 Å². The summed E-state index contributed by atoms with van der Waals surface area (Å²) in [4.78, 5) is 24.4. The van der Waals surface area contributed by atoms with Crippen molar-refractivity contribution < 1.29 is 9.59 Å². The first kappa shape index (κ1) is 12.8. The van der Waals surface area contributed by atoms with Gasteiger partial charge in [-0.2, -0.15) is 0 Å². The van der Waals surface area contributed by atoms with E-state index in [9.17, 15) is 9.59 Å². The third-order valence-corrected chi connectivity index (χ3v) is 3.11. The number of nitrogens with one attached hydrogen (secondary N) is 1. The maximum atomic E-state index is 11.6. The Morgan fingerprint density at radius 3 is 2.62 bits per heavy atom. The highest BCUT2D eigenvalue weighted by Gasteiger charge is 2.45. The number of unbranched alkanes of at least 4 members (excludes halogenated alkanes) is 1. The van der Waals surface area contributed by atoms with Gasteiger partial charge in [0.2, 0.25) is 5.91 Å². The van der Waals surface area contributed by atoms with Crippen molar-refractivity contribution in [2.45, 2.75) is 31.7 Å². The zero-order valence-corrected chi connectivity index (χ0v) is 9.66. The molecule has 1 saturated heterocycles. The van der Waals surface area contributed by atoms with Crippen LogP contribution in [0.1, 0.15) is 26.2 Å². The van der Waals surface area contributed by atoms with Gasteiger partial charge in [-0.05, 0) is 6.42 Å². The zero-order valence-electron chi connectivity index (χ0n) is 9.66. The first-order valence-electron chi connectivity index (χ1n) is 5.62. The molecule has 6 heteroatoms. The van der Waals surface area contributed by atoms with E-state index in [-0.39, 0.29) is 0 Å². The minimum absolute atomic E-state index is 0.394. The Labute approximate surface area is 95.3 Å². The van der Waals surface area contributed by atoms with Gasteiger partial charge in [0, 0.05) is 19.6 Å². The van der Waals surface area contributed by atoms with Crippen molar-refractivity contribution in [2.75, 3.05) is 19.6 Å². The largest absolute Gasteiger partial charge is 0.368 e. The first-order valence-corrected chi connectivity index (χ1v) is 5.62. The molecule has 5 N–H and O–H groups in total. The van der Waals surface area contributed by atoms with Gasteiger partial charge in [0.15, 0.2) is 0 Å². The SMILES string of the molecule is CCCC[C@]1(C(N)=O)CNCCN1C(N)=O. The van der Waals surface area contributed by atoms with Crippen LogP contribution in [-0.4, -0.2) is 42.0 Å². The van der Waals surface area contributed by atoms with E-state index in [4.69, 9.17) is 11.5 Å². The summed E-state index contributed by atoms with van der Waals surface area (Å²) >= 11 is 0. The Morgan fingerprint density at radius 1 is 1.44 bits per heavy atom. The Hall–Kier alpha value is -1.30. The van der Waals surface area contributed by atoms with Gasteiger partial charge in [-0.25, -0.2) is 4.79 Å². The van der Waals surface area contributed by atoms with Gasteiger partial charge in [-0.3, -0.25) is 4.79 Å². The summed E-state index contributed by atoms with van der Waals surface area (Å²) in [7, 11) is 0. The average Bonchev–Trinajstić information content (AvgIpc) is 2.26. The van der Waals surface area contributed by atoms with Gasteiger partial charge in [-0.15, -0.1) is 0 Å². The highest BCUT2D eigenvalue weighted by molar-refractivity contribution is 5.90. The minimum atomic E-state index is -0.944. The molecule has 1 fully saturated rings. The maximum absolute atomic E-state index is 11.6. The molecule has 0 aromatic rings. The number of urea groups is 1. The van der Waals surface area contributed by atoms with E-state index in [1.807, 2.05) is 6.92 Å². The third kappa shape index (κ3) is 2.27. The Bertz CT molecular complexity index is 282. The number of primary amides is 2. The monoisotopic (exact) mass is 228 g/mol. The van der Waals surface area contributed by atoms with Crippen LogP contribution in [0.4, 0.5) is 4.79 Å². The molecule has 0 aromatic carbocycles. The highest BCUT2D eigenvalue weighted by Crippen LogP contribution is 2.24. The molecule has 1 aliphatic heterocycles. The van der Waals surface area contributed by atoms with Crippen molar-refractivity contribution in [2.24, 2.45) is 11.5 Å². The topological polar surface area (TPSA) is 101 Å². The van der Waals surface area contributed by atoms with Gasteiger partial charge in [0.25, 0.3) is 0 Å². The van der Waals surface area contributed by atoms with Gasteiger partial charge in [0.05, 0.1) is 0 Å². The van der Waals surface area contributed by atoms with Crippen molar-refractivity contribution in [3.05, 3.63) is 0 Å². The fraction of sp³-hybridized carbons (Fsp3) is 0.800. The van der Waals surface area contributed by atoms with Gasteiger partial charge in [0.1, 0.15) is 5.54 Å². The van der Waals surface area contributed by atoms with Gasteiger partial charge >= 0.3 is 6.03 Å². The van der Waals surface area contributed by atoms with E-state index < -0.39 is 17.5 Å². The summed E-state index contributed by atoms with van der Waals surface area (Å²) in [5.41, 5.74) is 9.80. The molecule has 16 heavy (non-hydrogen) atoms. The molecule has 0 aromatic heterocycles. The lowest BCUT2D eigenvalue weighted by Gasteiger charge is -2.44. The Kier molecular flexibility index (Phi) is 4.12. The summed E-state index contributed by atoms with van der Waals surface area (Å²) in [5, 5.41) is 3.10. The van der Waals surface area contributed by atoms with E-state index in [2.05, 4.69) is 5.32 Å². The highest BCUT2D eigenvalue weighted by atomic mass is 16.2. The average molecular weight is 228 g/mol. The standard InChI is InChI=1S/C10H20N4O2/c1-2-3-4-10(8(11)15)7-13-5-6-14(10)9(12)16/h13H,2-7H2,1H3,(H2,11,15)(H2,12,16)/t10-/m1/s1. The number of piperazine rings is 1. The molecule has 0 aliphatic carbocycles. The molecule has 0 radical (unpaired) electrons. The van der Waals surface area contributed by atoms with Crippen LogP contribution in [-0.2, 0) is 4.79 Å². The Balaban J connectivity index is 2.93. The van der Waals surface area contributed by atoms with E-state index >= 15 is 0 Å². The van der Waals surface area contributed by atoms with Crippen molar-refractivity contribution in [1.82, 2.24) is 10.2 Å². The molecular weight excluding hydrogens is 208 g/mol. The fourth-order valence-electron chi connectivity index (χ4n) is 2.15. The van der Waals surface area contributed by atoms with Crippen LogP contribution in [0.25, 0.3) is 0 Å². The molecule has 1 rings (SSSR count). The molecule has 1 atom stereocenters. The number of nitrogens with two attached hydrogens (primary N) is 2. The number of amides is 3. The lowest BCUT2D eigenvalue weighted by Crippen LogP contribution is -2.69. The van der Waals surface area contributed by atoms with Crippen LogP contribution >= 0.6 is 0 Å². The lowest BCUT2D eigenvalue weighted by atomic mass is 9.88. The quantitative estimate of drug-likeness (QED) is 0.598. The summed E-state index contributed by atoms with van der Waals surface area (Å²) in [5.74, 6) is -0.480. The molecule has 0 bridgehead atoms. The van der Waals surface area contributed by atoms with Crippen LogP contribution in [0.5, 0.6) is 0 Å². The zero-order chi connectivity index (χ0) is 12.2. The third-order valence-electron chi connectivity index (χ3n) is 3.11. The molecule has 0 saturated carbocycles. The molecule has 1 aliphatic rings. The molecule has 0 spiro atoms. The fourth-order valence-corrected chi connectivity index (χ4v) is 2.15. The molecule has 6 nitrogen and oxygen atoms in total. The van der Waals surface area contributed by atoms with E-state index in [0.29, 0.717) is 26.1 Å². The Morgan fingerprint density at radius 2 is 2.12 bits per heavy atom. The summed E-state index contributed by atoms with van der Waals surface area (Å²) in [6, 6.07) is -0.573. The van der Waals surface area contributed by atoms with Crippen molar-refractivity contribution in [3.63, 3.8) is 0 Å². The predicted octanol–water partition coefficient (Wildman–Crippen LogP) is -0.615. The molecule has 0 unspecified atom stereocenters. The van der Waals surface area contributed by atoms with E-state index in [1.165, 1.54) is 4.90 Å². The molecule has 3 amide bonds.